The van der Waals surface area contributed by atoms with Crippen molar-refractivity contribution in [2.45, 2.75) is 18.8 Å². The second kappa shape index (κ2) is 6.71. The van der Waals surface area contributed by atoms with Gasteiger partial charge in [0.2, 0.25) is 11.8 Å². The summed E-state index contributed by atoms with van der Waals surface area (Å²) in [5.41, 5.74) is 0.640. The van der Waals surface area contributed by atoms with E-state index in [2.05, 4.69) is 5.32 Å². The van der Waals surface area contributed by atoms with Crippen LogP contribution < -0.4 is 5.32 Å². The predicted molar refractivity (Wildman–Crippen MR) is 73.6 cm³/mol. The summed E-state index contributed by atoms with van der Waals surface area (Å²) in [6, 6.07) is 10.8. The fourth-order valence-electron chi connectivity index (χ4n) is 2.27. The van der Waals surface area contributed by atoms with E-state index in [0.29, 0.717) is 5.56 Å². The number of hydrogen-bond donors (Lipinski definition) is 1. The molecule has 0 aromatic heterocycles. The number of nitrogens with zero attached hydrogens (tertiary/aromatic N) is 2. The smallest absolute Gasteiger partial charge is 0.242 e. The zero-order valence-corrected chi connectivity index (χ0v) is 11.2. The molecule has 1 aromatic carbocycles. The van der Waals surface area contributed by atoms with E-state index < -0.39 is 11.8 Å². The van der Waals surface area contributed by atoms with Gasteiger partial charge in [0.05, 0.1) is 12.6 Å². The van der Waals surface area contributed by atoms with Gasteiger partial charge >= 0.3 is 0 Å². The van der Waals surface area contributed by atoms with Crippen LogP contribution in [-0.4, -0.2) is 36.3 Å². The van der Waals surface area contributed by atoms with Gasteiger partial charge in [-0.05, 0) is 18.4 Å². The zero-order valence-electron chi connectivity index (χ0n) is 11.2. The Morgan fingerprint density at radius 1 is 1.25 bits per heavy atom. The molecule has 2 amide bonds. The first-order valence-corrected chi connectivity index (χ1v) is 6.72. The maximum atomic E-state index is 12.0. The molecule has 5 heteroatoms. The lowest BCUT2D eigenvalue weighted by Crippen LogP contribution is -2.40. The number of amides is 2. The third-order valence-electron chi connectivity index (χ3n) is 3.40. The van der Waals surface area contributed by atoms with Gasteiger partial charge in [0.1, 0.15) is 5.92 Å². The standard InChI is InChI=1S/C15H17N3O2/c16-10-13(12-6-2-1-3-7-12)15(20)17-11-14(19)18-8-4-5-9-18/h1-3,6-7,13H,4-5,8-9,11H2,(H,17,20). The topological polar surface area (TPSA) is 73.2 Å². The summed E-state index contributed by atoms with van der Waals surface area (Å²) >= 11 is 0. The van der Waals surface area contributed by atoms with E-state index in [1.165, 1.54) is 0 Å². The maximum Gasteiger partial charge on any atom is 0.242 e. The normalized spacial score (nSPS) is 15.4. The molecule has 0 bridgehead atoms. The van der Waals surface area contributed by atoms with Crippen LogP contribution in [-0.2, 0) is 9.59 Å². The number of benzene rings is 1. The van der Waals surface area contributed by atoms with Crippen molar-refractivity contribution in [3.05, 3.63) is 35.9 Å². The van der Waals surface area contributed by atoms with Crippen molar-refractivity contribution >= 4 is 11.8 Å². The number of carbonyl (C=O) groups is 2. The summed E-state index contributed by atoms with van der Waals surface area (Å²) in [6.45, 7) is 1.48. The minimum Gasteiger partial charge on any atom is -0.346 e. The molecule has 1 aliphatic rings. The van der Waals surface area contributed by atoms with Crippen LogP contribution in [0.4, 0.5) is 0 Å². The number of likely N-dealkylation sites (tertiary alicyclic amines) is 1. The molecule has 0 saturated carbocycles. The first-order chi connectivity index (χ1) is 9.72. The van der Waals surface area contributed by atoms with Gasteiger partial charge in [0.15, 0.2) is 0 Å². The number of carbonyl (C=O) groups excluding carboxylic acids is 2. The summed E-state index contributed by atoms with van der Waals surface area (Å²) in [5, 5.41) is 11.7. The quantitative estimate of drug-likeness (QED) is 0.889. The Labute approximate surface area is 118 Å². The van der Waals surface area contributed by atoms with Crippen LogP contribution in [0.25, 0.3) is 0 Å². The van der Waals surface area contributed by atoms with E-state index in [1.807, 2.05) is 12.1 Å². The number of nitrogens with one attached hydrogen (secondary N) is 1. The first-order valence-electron chi connectivity index (χ1n) is 6.72. The molecular formula is C15H17N3O2. The van der Waals surface area contributed by atoms with Gasteiger partial charge in [-0.15, -0.1) is 0 Å². The molecule has 2 rings (SSSR count). The number of nitriles is 1. The molecule has 1 saturated heterocycles. The van der Waals surface area contributed by atoms with Gasteiger partial charge in [-0.3, -0.25) is 9.59 Å². The molecule has 5 nitrogen and oxygen atoms in total. The Morgan fingerprint density at radius 2 is 1.90 bits per heavy atom. The van der Waals surface area contributed by atoms with Crippen LogP contribution in [0, 0.1) is 11.3 Å². The van der Waals surface area contributed by atoms with Crippen LogP contribution in [0.5, 0.6) is 0 Å². The van der Waals surface area contributed by atoms with Gasteiger partial charge in [0.25, 0.3) is 0 Å². The fourth-order valence-corrected chi connectivity index (χ4v) is 2.27. The fraction of sp³-hybridized carbons (Fsp3) is 0.400. The molecule has 1 unspecified atom stereocenters. The van der Waals surface area contributed by atoms with Crippen molar-refractivity contribution in [1.82, 2.24) is 10.2 Å². The predicted octanol–water partition coefficient (Wildman–Crippen LogP) is 1.03. The Kier molecular flexibility index (Phi) is 4.72. The third-order valence-corrected chi connectivity index (χ3v) is 3.40. The van der Waals surface area contributed by atoms with Gasteiger partial charge in [-0.2, -0.15) is 5.26 Å². The van der Waals surface area contributed by atoms with Crippen molar-refractivity contribution in [1.29, 1.82) is 5.26 Å². The summed E-state index contributed by atoms with van der Waals surface area (Å²) < 4.78 is 0. The summed E-state index contributed by atoms with van der Waals surface area (Å²) in [6.07, 6.45) is 2.04. The van der Waals surface area contributed by atoms with E-state index >= 15 is 0 Å². The SMILES string of the molecule is N#CC(C(=O)NCC(=O)N1CCCC1)c1ccccc1. The van der Waals surface area contributed by atoms with Crippen molar-refractivity contribution < 1.29 is 9.59 Å². The van der Waals surface area contributed by atoms with Crippen molar-refractivity contribution in [3.8, 4) is 6.07 Å². The molecule has 0 spiro atoms. The van der Waals surface area contributed by atoms with Gasteiger partial charge in [0, 0.05) is 13.1 Å². The van der Waals surface area contributed by atoms with Crippen LogP contribution in [0.15, 0.2) is 30.3 Å². The lowest BCUT2D eigenvalue weighted by atomic mass is 10.00. The van der Waals surface area contributed by atoms with Crippen LogP contribution in [0.3, 0.4) is 0 Å². The van der Waals surface area contributed by atoms with E-state index in [-0.39, 0.29) is 12.5 Å². The molecule has 20 heavy (non-hydrogen) atoms. The zero-order chi connectivity index (χ0) is 14.4. The van der Waals surface area contributed by atoms with Gasteiger partial charge < -0.3 is 10.2 Å². The van der Waals surface area contributed by atoms with E-state index in [4.69, 9.17) is 5.26 Å². The highest BCUT2D eigenvalue weighted by molar-refractivity contribution is 5.90. The Balaban J connectivity index is 1.90. The molecule has 1 aliphatic heterocycles. The van der Waals surface area contributed by atoms with Crippen molar-refractivity contribution in [3.63, 3.8) is 0 Å². The highest BCUT2D eigenvalue weighted by Gasteiger charge is 2.22. The molecular weight excluding hydrogens is 254 g/mol. The second-order valence-electron chi connectivity index (χ2n) is 4.78. The number of hydrogen-bond acceptors (Lipinski definition) is 3. The highest BCUT2D eigenvalue weighted by atomic mass is 16.2. The molecule has 0 radical (unpaired) electrons. The Morgan fingerprint density at radius 3 is 2.50 bits per heavy atom. The second-order valence-corrected chi connectivity index (χ2v) is 4.78. The highest BCUT2D eigenvalue weighted by Crippen LogP contribution is 2.14. The first kappa shape index (κ1) is 14.1. The average Bonchev–Trinajstić information content (AvgIpc) is 3.01. The van der Waals surface area contributed by atoms with E-state index in [1.54, 1.807) is 29.2 Å². The molecule has 1 atom stereocenters. The minimum atomic E-state index is -0.873. The molecule has 1 N–H and O–H groups in total. The third kappa shape index (κ3) is 3.35. The van der Waals surface area contributed by atoms with E-state index in [9.17, 15) is 9.59 Å². The van der Waals surface area contributed by atoms with Crippen molar-refractivity contribution in [2.24, 2.45) is 0 Å². The molecule has 1 heterocycles. The van der Waals surface area contributed by atoms with E-state index in [0.717, 1.165) is 25.9 Å². The van der Waals surface area contributed by atoms with Gasteiger partial charge in [-0.25, -0.2) is 0 Å². The summed E-state index contributed by atoms with van der Waals surface area (Å²) in [5.74, 6) is -1.38. The van der Waals surface area contributed by atoms with Crippen LogP contribution in [0.1, 0.15) is 24.3 Å². The summed E-state index contributed by atoms with van der Waals surface area (Å²) in [7, 11) is 0. The van der Waals surface area contributed by atoms with Crippen LogP contribution in [0.2, 0.25) is 0 Å². The molecule has 0 aliphatic carbocycles. The molecule has 104 valence electrons. The monoisotopic (exact) mass is 271 g/mol. The maximum absolute atomic E-state index is 12.0. The Hall–Kier alpha value is -2.35. The van der Waals surface area contributed by atoms with Crippen molar-refractivity contribution in [2.75, 3.05) is 19.6 Å². The van der Waals surface area contributed by atoms with Crippen LogP contribution >= 0.6 is 0 Å². The average molecular weight is 271 g/mol. The Bertz CT molecular complexity index is 516. The number of rotatable bonds is 4. The lowest BCUT2D eigenvalue weighted by Gasteiger charge is -2.16. The minimum absolute atomic E-state index is 0.0379. The van der Waals surface area contributed by atoms with Gasteiger partial charge in [-0.1, -0.05) is 30.3 Å². The lowest BCUT2D eigenvalue weighted by molar-refractivity contribution is -0.132. The largest absolute Gasteiger partial charge is 0.346 e. The molecule has 1 fully saturated rings. The molecule has 1 aromatic rings. The summed E-state index contributed by atoms with van der Waals surface area (Å²) in [4.78, 5) is 25.6.